The van der Waals surface area contributed by atoms with Gasteiger partial charge in [-0.3, -0.25) is 4.31 Å². The molecule has 0 spiro atoms. The van der Waals surface area contributed by atoms with Crippen molar-refractivity contribution in [1.29, 1.82) is 0 Å². The molecule has 0 bridgehead atoms. The zero-order chi connectivity index (χ0) is 12.3. The molecule has 0 aliphatic carbocycles. The summed E-state index contributed by atoms with van der Waals surface area (Å²) in [6.07, 6.45) is 0. The lowest BCUT2D eigenvalue weighted by atomic mass is 10.2. The molecule has 1 aromatic rings. The van der Waals surface area contributed by atoms with Crippen molar-refractivity contribution in [3.63, 3.8) is 0 Å². The van der Waals surface area contributed by atoms with E-state index in [9.17, 15) is 13.2 Å². The smallest absolute Gasteiger partial charge is 0.335 e. The third kappa shape index (κ3) is 2.52. The minimum atomic E-state index is -3.35. The zero-order valence-corrected chi connectivity index (χ0v) is 9.86. The van der Waals surface area contributed by atoms with Crippen LogP contribution in [0.4, 0.5) is 5.69 Å². The van der Waals surface area contributed by atoms with Crippen LogP contribution >= 0.6 is 0 Å². The molecule has 0 amide bonds. The number of hydrogen-bond donors (Lipinski definition) is 1. The molecule has 6 heteroatoms. The van der Waals surface area contributed by atoms with Crippen molar-refractivity contribution in [2.24, 2.45) is 0 Å². The average molecular weight is 243 g/mol. The van der Waals surface area contributed by atoms with Crippen molar-refractivity contribution in [3.05, 3.63) is 29.8 Å². The zero-order valence-electron chi connectivity index (χ0n) is 9.04. The summed E-state index contributed by atoms with van der Waals surface area (Å²) in [5.41, 5.74) is 0.414. The molecule has 0 radical (unpaired) electrons. The number of benzene rings is 1. The maximum absolute atomic E-state index is 11.6. The van der Waals surface area contributed by atoms with E-state index in [4.69, 9.17) is 5.11 Å². The van der Waals surface area contributed by atoms with Crippen LogP contribution in [0.2, 0.25) is 0 Å². The van der Waals surface area contributed by atoms with Crippen molar-refractivity contribution in [1.82, 2.24) is 0 Å². The van der Waals surface area contributed by atoms with Gasteiger partial charge in [0.1, 0.15) is 0 Å². The fourth-order valence-corrected chi connectivity index (χ4v) is 2.01. The standard InChI is InChI=1S/C10H13NO4S/c1-3-16(14,15)11(2)9-6-4-5-8(7-9)10(12)13/h4-7H,3H2,1-2H3,(H,12,13). The maximum atomic E-state index is 11.6. The van der Waals surface area contributed by atoms with Gasteiger partial charge in [-0.1, -0.05) is 6.07 Å². The monoisotopic (exact) mass is 243 g/mol. The molecule has 0 aromatic heterocycles. The lowest BCUT2D eigenvalue weighted by Crippen LogP contribution is -2.28. The molecule has 0 saturated heterocycles. The first-order chi connectivity index (χ1) is 7.38. The number of hydrogen-bond acceptors (Lipinski definition) is 3. The molecular formula is C10H13NO4S. The second kappa shape index (κ2) is 4.52. The molecule has 0 saturated carbocycles. The van der Waals surface area contributed by atoms with E-state index in [0.29, 0.717) is 5.69 Å². The highest BCUT2D eigenvalue weighted by atomic mass is 32.2. The summed E-state index contributed by atoms with van der Waals surface area (Å²) in [6, 6.07) is 5.81. The summed E-state index contributed by atoms with van der Waals surface area (Å²) >= 11 is 0. The molecule has 0 fully saturated rings. The topological polar surface area (TPSA) is 74.7 Å². The van der Waals surface area contributed by atoms with Crippen LogP contribution in [0.5, 0.6) is 0 Å². The Hall–Kier alpha value is -1.56. The molecule has 5 nitrogen and oxygen atoms in total. The van der Waals surface area contributed by atoms with Crippen LogP contribution in [0.25, 0.3) is 0 Å². The Bertz CT molecular complexity index is 495. The van der Waals surface area contributed by atoms with E-state index in [1.165, 1.54) is 32.2 Å². The van der Waals surface area contributed by atoms with Gasteiger partial charge in [-0.05, 0) is 25.1 Å². The molecule has 1 aromatic carbocycles. The Morgan fingerprint density at radius 3 is 2.56 bits per heavy atom. The van der Waals surface area contributed by atoms with Gasteiger partial charge < -0.3 is 5.11 Å². The van der Waals surface area contributed by atoms with E-state index < -0.39 is 16.0 Å². The highest BCUT2D eigenvalue weighted by Gasteiger charge is 2.16. The van der Waals surface area contributed by atoms with Crippen molar-refractivity contribution in [3.8, 4) is 0 Å². The molecule has 88 valence electrons. The largest absolute Gasteiger partial charge is 0.478 e. The Labute approximate surface area is 94.4 Å². The van der Waals surface area contributed by atoms with Crippen molar-refractivity contribution in [2.45, 2.75) is 6.92 Å². The van der Waals surface area contributed by atoms with E-state index in [1.807, 2.05) is 0 Å². The van der Waals surface area contributed by atoms with Gasteiger partial charge in [0.15, 0.2) is 0 Å². The minimum absolute atomic E-state index is 0.0270. The molecule has 0 atom stereocenters. The molecule has 0 heterocycles. The third-order valence-corrected chi connectivity index (χ3v) is 4.01. The highest BCUT2D eigenvalue weighted by molar-refractivity contribution is 7.92. The molecule has 1 rings (SSSR count). The van der Waals surface area contributed by atoms with Crippen LogP contribution in [0.3, 0.4) is 0 Å². The van der Waals surface area contributed by atoms with E-state index in [1.54, 1.807) is 6.07 Å². The SMILES string of the molecule is CCS(=O)(=O)N(C)c1cccc(C(=O)O)c1. The van der Waals surface area contributed by atoms with Crippen molar-refractivity contribution in [2.75, 3.05) is 17.1 Å². The summed E-state index contributed by atoms with van der Waals surface area (Å²) in [6.45, 7) is 1.53. The van der Waals surface area contributed by atoms with E-state index in [2.05, 4.69) is 0 Å². The number of nitrogens with zero attached hydrogens (tertiary/aromatic N) is 1. The van der Waals surface area contributed by atoms with Crippen molar-refractivity contribution >= 4 is 21.7 Å². The van der Waals surface area contributed by atoms with Crippen LogP contribution in [-0.4, -0.2) is 32.3 Å². The fraction of sp³-hybridized carbons (Fsp3) is 0.300. The molecule has 0 aliphatic heterocycles. The van der Waals surface area contributed by atoms with Gasteiger partial charge in [0.05, 0.1) is 17.0 Å². The lowest BCUT2D eigenvalue weighted by Gasteiger charge is -2.18. The summed E-state index contributed by atoms with van der Waals surface area (Å²) in [5, 5.41) is 8.78. The lowest BCUT2D eigenvalue weighted by molar-refractivity contribution is 0.0697. The van der Waals surface area contributed by atoms with Gasteiger partial charge in [-0.2, -0.15) is 0 Å². The molecule has 16 heavy (non-hydrogen) atoms. The van der Waals surface area contributed by atoms with E-state index in [0.717, 1.165) is 4.31 Å². The Morgan fingerprint density at radius 1 is 1.44 bits per heavy atom. The predicted molar refractivity (Wildman–Crippen MR) is 61.3 cm³/mol. The summed E-state index contributed by atoms with van der Waals surface area (Å²) in [4.78, 5) is 10.7. The van der Waals surface area contributed by atoms with Gasteiger partial charge in [0, 0.05) is 7.05 Å². The quantitative estimate of drug-likeness (QED) is 0.861. The van der Waals surface area contributed by atoms with Crippen LogP contribution in [0.15, 0.2) is 24.3 Å². The van der Waals surface area contributed by atoms with E-state index >= 15 is 0 Å². The maximum Gasteiger partial charge on any atom is 0.335 e. The normalized spacial score (nSPS) is 11.1. The Kier molecular flexibility index (Phi) is 3.54. The fourth-order valence-electron chi connectivity index (χ4n) is 1.19. The number of aromatic carboxylic acids is 1. The molecule has 0 unspecified atom stereocenters. The number of rotatable bonds is 4. The van der Waals surface area contributed by atoms with Crippen LogP contribution in [-0.2, 0) is 10.0 Å². The highest BCUT2D eigenvalue weighted by Crippen LogP contribution is 2.18. The van der Waals surface area contributed by atoms with Crippen molar-refractivity contribution < 1.29 is 18.3 Å². The first-order valence-corrected chi connectivity index (χ1v) is 6.29. The number of anilines is 1. The van der Waals surface area contributed by atoms with Gasteiger partial charge in [0.25, 0.3) is 0 Å². The average Bonchev–Trinajstić information content (AvgIpc) is 2.28. The van der Waals surface area contributed by atoms with Gasteiger partial charge in [0.2, 0.25) is 10.0 Å². The predicted octanol–water partition coefficient (Wildman–Crippen LogP) is 1.17. The van der Waals surface area contributed by atoms with Crippen LogP contribution in [0.1, 0.15) is 17.3 Å². The molecular weight excluding hydrogens is 230 g/mol. The Morgan fingerprint density at radius 2 is 2.06 bits per heavy atom. The number of carboxylic acid groups (broad SMARTS) is 1. The number of sulfonamides is 1. The van der Waals surface area contributed by atoms with E-state index in [-0.39, 0.29) is 11.3 Å². The number of carboxylic acids is 1. The second-order valence-corrected chi connectivity index (χ2v) is 5.51. The molecule has 0 aliphatic rings. The molecule has 1 N–H and O–H groups in total. The van der Waals surface area contributed by atoms with Crippen LogP contribution in [0, 0.1) is 0 Å². The first-order valence-electron chi connectivity index (χ1n) is 4.68. The van der Waals surface area contributed by atoms with Gasteiger partial charge in [-0.15, -0.1) is 0 Å². The van der Waals surface area contributed by atoms with Gasteiger partial charge >= 0.3 is 5.97 Å². The minimum Gasteiger partial charge on any atom is -0.478 e. The summed E-state index contributed by atoms with van der Waals surface area (Å²) < 4.78 is 24.2. The van der Waals surface area contributed by atoms with Gasteiger partial charge in [-0.25, -0.2) is 13.2 Å². The van der Waals surface area contributed by atoms with Crippen LogP contribution < -0.4 is 4.31 Å². The number of carbonyl (C=O) groups is 1. The summed E-state index contributed by atoms with van der Waals surface area (Å²) in [7, 11) is -1.95. The third-order valence-electron chi connectivity index (χ3n) is 2.24. The first kappa shape index (κ1) is 12.5. The summed E-state index contributed by atoms with van der Waals surface area (Å²) in [5.74, 6) is -1.11. The second-order valence-electron chi connectivity index (χ2n) is 3.22. The Balaban J connectivity index is 3.15.